The Hall–Kier alpha value is -3.30. The molecule has 0 aliphatic heterocycles. The maximum Gasteiger partial charge on any atom is 0.354 e. The number of carbonyl (C=O) groups is 2. The number of nitrogens with zero attached hydrogens (tertiary/aromatic N) is 2. The molecule has 0 bridgehead atoms. The second kappa shape index (κ2) is 9.23. The van der Waals surface area contributed by atoms with Crippen molar-refractivity contribution in [2.24, 2.45) is 0 Å². The van der Waals surface area contributed by atoms with Crippen molar-refractivity contribution in [2.75, 3.05) is 13.7 Å². The van der Waals surface area contributed by atoms with Gasteiger partial charge in [-0.1, -0.05) is 18.2 Å². The van der Waals surface area contributed by atoms with E-state index in [1.807, 2.05) is 0 Å². The molecule has 0 atom stereocenters. The van der Waals surface area contributed by atoms with Gasteiger partial charge in [0, 0.05) is 30.2 Å². The highest BCUT2D eigenvalue weighted by Gasteiger charge is 2.30. The Labute approximate surface area is 180 Å². The molecule has 1 N–H and O–H groups in total. The molecule has 0 amide bonds. The second-order valence-electron chi connectivity index (χ2n) is 6.98. The number of sulfonamides is 1. The third kappa shape index (κ3) is 4.73. The van der Waals surface area contributed by atoms with Crippen molar-refractivity contribution in [2.45, 2.75) is 25.3 Å². The van der Waals surface area contributed by atoms with Crippen molar-refractivity contribution in [1.82, 2.24) is 14.3 Å². The summed E-state index contributed by atoms with van der Waals surface area (Å²) in [6.07, 6.45) is 3.13. The molecule has 0 saturated heterocycles. The Morgan fingerprint density at radius 3 is 2.32 bits per heavy atom. The lowest BCUT2D eigenvalue weighted by Crippen LogP contribution is -2.35. The second-order valence-corrected chi connectivity index (χ2v) is 8.92. The number of Topliss-reactive ketones (excluding diaryl/α,β-unsaturated/α-hetero) is 1. The molecule has 2 aromatic heterocycles. The maximum absolute atomic E-state index is 13.3. The van der Waals surface area contributed by atoms with E-state index in [1.54, 1.807) is 56.6 Å². The van der Waals surface area contributed by atoms with Crippen LogP contribution in [0.2, 0.25) is 0 Å². The van der Waals surface area contributed by atoms with E-state index in [4.69, 9.17) is 4.74 Å². The molecule has 9 heteroatoms. The summed E-state index contributed by atoms with van der Waals surface area (Å²) in [6, 6.07) is 11.3. The molecule has 0 aliphatic rings. The molecule has 0 fully saturated rings. The third-order valence-electron chi connectivity index (χ3n) is 4.92. The summed E-state index contributed by atoms with van der Waals surface area (Å²) < 4.78 is 32.5. The molecule has 1 aromatic carbocycles. The smallest absolute Gasteiger partial charge is 0.354 e. The van der Waals surface area contributed by atoms with E-state index in [-0.39, 0.29) is 29.2 Å². The predicted octanol–water partition coefficient (Wildman–Crippen LogP) is 2.89. The number of carbonyl (C=O) groups excluding carboxylic acids is 2. The summed E-state index contributed by atoms with van der Waals surface area (Å²) in [6.45, 7) is 2.89. The maximum atomic E-state index is 13.3. The predicted molar refractivity (Wildman–Crippen MR) is 114 cm³/mol. The minimum atomic E-state index is -3.95. The number of hydrogen-bond donors (Lipinski definition) is 1. The van der Waals surface area contributed by atoms with Crippen molar-refractivity contribution in [1.29, 1.82) is 0 Å². The molecule has 0 radical (unpaired) electrons. The first-order valence-corrected chi connectivity index (χ1v) is 10.9. The van der Waals surface area contributed by atoms with Crippen molar-refractivity contribution >= 4 is 21.8 Å². The van der Waals surface area contributed by atoms with Crippen molar-refractivity contribution in [3.63, 3.8) is 0 Å². The average molecular weight is 442 g/mol. The number of nitrogens with one attached hydrogen (secondary N) is 1. The van der Waals surface area contributed by atoms with Gasteiger partial charge in [0.1, 0.15) is 5.69 Å². The Balaban J connectivity index is 1.99. The standard InChI is InChI=1S/C22H23N3O5S/c1-15-20(16(2)24-21(15)22(27)30-3)19(26)14-25(13-17-9-11-23-12-10-17)31(28,29)18-7-5-4-6-8-18/h4-12,24H,13-14H2,1-3H3. The summed E-state index contributed by atoms with van der Waals surface area (Å²) in [4.78, 5) is 32.1. The average Bonchev–Trinajstić information content (AvgIpc) is 3.08. The van der Waals surface area contributed by atoms with Gasteiger partial charge in [-0.15, -0.1) is 0 Å². The molecule has 8 nitrogen and oxygen atoms in total. The zero-order valence-corrected chi connectivity index (χ0v) is 18.3. The lowest BCUT2D eigenvalue weighted by Gasteiger charge is -2.22. The number of rotatable bonds is 8. The molecule has 2 heterocycles. The van der Waals surface area contributed by atoms with Gasteiger partial charge in [0.05, 0.1) is 18.6 Å². The zero-order chi connectivity index (χ0) is 22.6. The van der Waals surface area contributed by atoms with E-state index in [9.17, 15) is 18.0 Å². The number of methoxy groups -OCH3 is 1. The van der Waals surface area contributed by atoms with Gasteiger partial charge in [-0.3, -0.25) is 9.78 Å². The van der Waals surface area contributed by atoms with Gasteiger partial charge in [0.25, 0.3) is 0 Å². The Bertz CT molecular complexity index is 1190. The molecule has 0 saturated carbocycles. The van der Waals surface area contributed by atoms with Crippen LogP contribution in [-0.4, -0.2) is 48.1 Å². The first kappa shape index (κ1) is 22.4. The number of aromatic amines is 1. The molecule has 31 heavy (non-hydrogen) atoms. The van der Waals surface area contributed by atoms with Crippen molar-refractivity contribution < 1.29 is 22.7 Å². The normalized spacial score (nSPS) is 11.5. The summed E-state index contributed by atoms with van der Waals surface area (Å²) in [5.41, 5.74) is 2.05. The number of benzene rings is 1. The van der Waals surface area contributed by atoms with Crippen molar-refractivity contribution in [3.05, 3.63) is 82.9 Å². The first-order chi connectivity index (χ1) is 14.8. The molecule has 0 unspecified atom stereocenters. The van der Waals surface area contributed by atoms with E-state index < -0.39 is 21.8 Å². The summed E-state index contributed by atoms with van der Waals surface area (Å²) in [5.74, 6) is -1.01. The fourth-order valence-electron chi connectivity index (χ4n) is 3.37. The molecule has 3 aromatic rings. The van der Waals surface area contributed by atoms with Crippen LogP contribution in [0.15, 0.2) is 59.8 Å². The largest absolute Gasteiger partial charge is 0.464 e. The van der Waals surface area contributed by atoms with Crippen LogP contribution in [0.25, 0.3) is 0 Å². The quantitative estimate of drug-likeness (QED) is 0.425. The third-order valence-corrected chi connectivity index (χ3v) is 6.72. The van der Waals surface area contributed by atoms with Crippen LogP contribution in [-0.2, 0) is 21.3 Å². The van der Waals surface area contributed by atoms with Crippen LogP contribution in [0.1, 0.15) is 37.7 Å². The van der Waals surface area contributed by atoms with Crippen molar-refractivity contribution in [3.8, 4) is 0 Å². The van der Waals surface area contributed by atoms with Gasteiger partial charge in [-0.2, -0.15) is 4.31 Å². The number of H-pyrrole nitrogens is 1. The van der Waals surface area contributed by atoms with E-state index in [0.29, 0.717) is 16.8 Å². The molecule has 0 aliphatic carbocycles. The number of pyridine rings is 1. The summed E-state index contributed by atoms with van der Waals surface area (Å²) in [7, 11) is -2.70. The molecule has 162 valence electrons. The lowest BCUT2D eigenvalue weighted by atomic mass is 10.1. The van der Waals surface area contributed by atoms with Gasteiger partial charge < -0.3 is 9.72 Å². The summed E-state index contributed by atoms with van der Waals surface area (Å²) >= 11 is 0. The molecular weight excluding hydrogens is 418 g/mol. The minimum Gasteiger partial charge on any atom is -0.464 e. The number of ether oxygens (including phenoxy) is 1. The van der Waals surface area contributed by atoms with E-state index in [2.05, 4.69) is 9.97 Å². The minimum absolute atomic E-state index is 0.00212. The zero-order valence-electron chi connectivity index (χ0n) is 17.5. The number of esters is 1. The number of hydrogen-bond acceptors (Lipinski definition) is 6. The van der Waals surface area contributed by atoms with Gasteiger partial charge in [-0.25, -0.2) is 13.2 Å². The van der Waals surface area contributed by atoms with Crippen LogP contribution in [0.3, 0.4) is 0 Å². The SMILES string of the molecule is COC(=O)c1[nH]c(C)c(C(=O)CN(Cc2ccncc2)S(=O)(=O)c2ccccc2)c1C. The number of aromatic nitrogens is 2. The van der Waals surface area contributed by atoms with Gasteiger partial charge in [0.15, 0.2) is 5.78 Å². The van der Waals surface area contributed by atoms with E-state index in [1.165, 1.54) is 19.2 Å². The van der Waals surface area contributed by atoms with Gasteiger partial charge >= 0.3 is 5.97 Å². The highest BCUT2D eigenvalue weighted by molar-refractivity contribution is 7.89. The Morgan fingerprint density at radius 2 is 1.71 bits per heavy atom. The fraction of sp³-hybridized carbons (Fsp3) is 0.227. The fourth-order valence-corrected chi connectivity index (χ4v) is 4.78. The molecule has 0 spiro atoms. The monoisotopic (exact) mass is 441 g/mol. The van der Waals surface area contributed by atoms with Crippen LogP contribution >= 0.6 is 0 Å². The summed E-state index contributed by atoms with van der Waals surface area (Å²) in [5, 5.41) is 0. The number of aryl methyl sites for hydroxylation is 1. The van der Waals surface area contributed by atoms with Crippen LogP contribution in [0.5, 0.6) is 0 Å². The van der Waals surface area contributed by atoms with Gasteiger partial charge in [0.2, 0.25) is 10.0 Å². The van der Waals surface area contributed by atoms with E-state index in [0.717, 1.165) is 4.31 Å². The lowest BCUT2D eigenvalue weighted by molar-refractivity contribution is 0.0594. The Kier molecular flexibility index (Phi) is 6.67. The van der Waals surface area contributed by atoms with E-state index >= 15 is 0 Å². The Morgan fingerprint density at radius 1 is 1.06 bits per heavy atom. The topological polar surface area (TPSA) is 109 Å². The van der Waals surface area contributed by atoms with Crippen LogP contribution < -0.4 is 0 Å². The van der Waals surface area contributed by atoms with Gasteiger partial charge in [-0.05, 0) is 49.2 Å². The first-order valence-electron chi connectivity index (χ1n) is 9.50. The number of ketones is 1. The van der Waals surface area contributed by atoms with Crippen LogP contribution in [0.4, 0.5) is 0 Å². The highest BCUT2D eigenvalue weighted by Crippen LogP contribution is 2.23. The highest BCUT2D eigenvalue weighted by atomic mass is 32.2. The van der Waals surface area contributed by atoms with Crippen LogP contribution in [0, 0.1) is 13.8 Å². The molecular formula is C22H23N3O5S. The molecule has 3 rings (SSSR count).